The zero-order chi connectivity index (χ0) is 19.1. The Balaban J connectivity index is 0.00000134. The molecular weight excluding hydrogens is 316 g/mol. The first kappa shape index (κ1) is 22.8. The van der Waals surface area contributed by atoms with Crippen molar-refractivity contribution in [3.8, 4) is 16.9 Å². The molecule has 0 aromatic heterocycles. The van der Waals surface area contributed by atoms with Crippen molar-refractivity contribution < 1.29 is 20.0 Å². The van der Waals surface area contributed by atoms with E-state index in [9.17, 15) is 4.79 Å². The Morgan fingerprint density at radius 1 is 0.880 bits per heavy atom. The van der Waals surface area contributed by atoms with Gasteiger partial charge in [0.05, 0.1) is 6.61 Å². The molecule has 0 saturated heterocycles. The number of carbonyl (C=O) groups is 1. The van der Waals surface area contributed by atoms with Crippen LogP contribution in [0.5, 0.6) is 5.75 Å². The maximum absolute atomic E-state index is 11.3. The van der Waals surface area contributed by atoms with E-state index >= 15 is 0 Å². The second-order valence-electron chi connectivity index (χ2n) is 5.21. The monoisotopic (exact) mass is 346 g/mol. The van der Waals surface area contributed by atoms with Gasteiger partial charge in [-0.3, -0.25) is 15.3 Å². The largest absolute Gasteiger partial charge is 0.494 e. The van der Waals surface area contributed by atoms with Gasteiger partial charge in [0.25, 0.3) is 0 Å². The van der Waals surface area contributed by atoms with E-state index in [4.69, 9.17) is 15.3 Å². The molecule has 0 heterocycles. The van der Waals surface area contributed by atoms with Gasteiger partial charge in [-0.15, -0.1) is 0 Å². The van der Waals surface area contributed by atoms with E-state index in [-0.39, 0.29) is 5.78 Å². The minimum atomic E-state index is 0.0948. The fraction of sp³-hybridized carbons (Fsp3) is 0.381. The van der Waals surface area contributed by atoms with Crippen LogP contribution in [0.2, 0.25) is 0 Å². The molecule has 25 heavy (non-hydrogen) atoms. The second kappa shape index (κ2) is 14.2. The fourth-order valence-electron chi connectivity index (χ4n) is 2.18. The highest BCUT2D eigenvalue weighted by atomic mass is 17.0. The van der Waals surface area contributed by atoms with E-state index < -0.39 is 0 Å². The lowest BCUT2D eigenvalue weighted by atomic mass is 10.0. The zero-order valence-corrected chi connectivity index (χ0v) is 15.7. The van der Waals surface area contributed by atoms with Gasteiger partial charge in [0, 0.05) is 5.56 Å². The van der Waals surface area contributed by atoms with Crippen LogP contribution >= 0.6 is 0 Å². The Morgan fingerprint density at radius 2 is 1.36 bits per heavy atom. The van der Waals surface area contributed by atoms with Crippen LogP contribution in [0.3, 0.4) is 0 Å². The first-order valence-corrected chi connectivity index (χ1v) is 8.75. The number of ether oxygens (including phenoxy) is 1. The lowest BCUT2D eigenvalue weighted by molar-refractivity contribution is -0.176. The van der Waals surface area contributed by atoms with Crippen LogP contribution in [0.25, 0.3) is 11.1 Å². The molecule has 0 spiro atoms. The number of unbranched alkanes of at least 4 members (excludes halogenated alkanes) is 2. The Bertz CT molecular complexity index is 574. The topological polar surface area (TPSA) is 66.8 Å². The van der Waals surface area contributed by atoms with Gasteiger partial charge in [-0.25, -0.2) is 0 Å². The minimum Gasteiger partial charge on any atom is -0.494 e. The maximum atomic E-state index is 11.3. The third-order valence-electron chi connectivity index (χ3n) is 3.50. The molecule has 0 saturated carbocycles. The summed E-state index contributed by atoms with van der Waals surface area (Å²) in [6, 6.07) is 15.8. The average Bonchev–Trinajstić information content (AvgIpc) is 2.69. The van der Waals surface area contributed by atoms with Crippen LogP contribution in [0.1, 0.15) is 57.3 Å². The van der Waals surface area contributed by atoms with Gasteiger partial charge in [0.2, 0.25) is 0 Å². The first-order chi connectivity index (χ1) is 12.2. The summed E-state index contributed by atoms with van der Waals surface area (Å²) in [6.45, 7) is 8.55. The van der Waals surface area contributed by atoms with Crippen molar-refractivity contribution in [3.63, 3.8) is 0 Å². The quantitative estimate of drug-likeness (QED) is 0.272. The number of hydrogen-bond donors (Lipinski definition) is 2. The third-order valence-corrected chi connectivity index (χ3v) is 3.50. The van der Waals surface area contributed by atoms with E-state index in [1.165, 1.54) is 12.8 Å². The third kappa shape index (κ3) is 8.47. The molecule has 2 N–H and O–H groups in total. The van der Waals surface area contributed by atoms with Gasteiger partial charge in [0.15, 0.2) is 5.78 Å². The predicted molar refractivity (Wildman–Crippen MR) is 104 cm³/mol. The van der Waals surface area contributed by atoms with Gasteiger partial charge in [0.1, 0.15) is 5.75 Å². The summed E-state index contributed by atoms with van der Waals surface area (Å²) in [5.41, 5.74) is 2.98. The molecule has 0 aliphatic carbocycles. The van der Waals surface area contributed by atoms with Crippen molar-refractivity contribution in [2.75, 3.05) is 6.61 Å². The fourth-order valence-corrected chi connectivity index (χ4v) is 2.18. The SMILES string of the molecule is CC.CCCCCOc1ccc(-c2ccc(C(C)=O)cc2)cc1.OO. The molecule has 4 nitrogen and oxygen atoms in total. The van der Waals surface area contributed by atoms with Crippen LogP contribution < -0.4 is 4.74 Å². The van der Waals surface area contributed by atoms with Crippen LogP contribution in [0, 0.1) is 0 Å². The molecule has 0 aliphatic rings. The Morgan fingerprint density at radius 3 is 1.80 bits per heavy atom. The van der Waals surface area contributed by atoms with Crippen molar-refractivity contribution >= 4 is 5.78 Å². The van der Waals surface area contributed by atoms with E-state index in [1.807, 2.05) is 50.2 Å². The molecule has 0 atom stereocenters. The number of benzene rings is 2. The van der Waals surface area contributed by atoms with Gasteiger partial charge >= 0.3 is 0 Å². The first-order valence-electron chi connectivity index (χ1n) is 8.75. The molecule has 0 unspecified atom stereocenters. The molecule has 138 valence electrons. The summed E-state index contributed by atoms with van der Waals surface area (Å²) in [7, 11) is 0. The summed E-state index contributed by atoms with van der Waals surface area (Å²) < 4.78 is 5.70. The van der Waals surface area contributed by atoms with E-state index in [0.29, 0.717) is 0 Å². The predicted octanol–water partition coefficient (Wildman–Crippen LogP) is 6.17. The second-order valence-corrected chi connectivity index (χ2v) is 5.21. The van der Waals surface area contributed by atoms with Gasteiger partial charge in [-0.2, -0.15) is 0 Å². The summed E-state index contributed by atoms with van der Waals surface area (Å²) in [4.78, 5) is 11.3. The van der Waals surface area contributed by atoms with Crippen molar-refractivity contribution in [1.29, 1.82) is 0 Å². The Hall–Kier alpha value is -2.17. The molecule has 2 aromatic rings. The lowest BCUT2D eigenvalue weighted by Crippen LogP contribution is -1.96. The highest BCUT2D eigenvalue weighted by Crippen LogP contribution is 2.23. The van der Waals surface area contributed by atoms with Crippen LogP contribution in [-0.2, 0) is 0 Å². The maximum Gasteiger partial charge on any atom is 0.159 e. The van der Waals surface area contributed by atoms with Crippen molar-refractivity contribution in [3.05, 3.63) is 54.1 Å². The van der Waals surface area contributed by atoms with Crippen molar-refractivity contribution in [1.82, 2.24) is 0 Å². The molecule has 2 rings (SSSR count). The highest BCUT2D eigenvalue weighted by molar-refractivity contribution is 5.94. The number of carbonyl (C=O) groups excluding carboxylic acids is 1. The van der Waals surface area contributed by atoms with E-state index in [2.05, 4.69) is 19.1 Å². The van der Waals surface area contributed by atoms with Crippen molar-refractivity contribution in [2.45, 2.75) is 47.0 Å². The van der Waals surface area contributed by atoms with Gasteiger partial charge in [-0.05, 0) is 36.6 Å². The van der Waals surface area contributed by atoms with Crippen LogP contribution in [0.4, 0.5) is 0 Å². The summed E-state index contributed by atoms with van der Waals surface area (Å²) in [6.07, 6.45) is 3.52. The molecule has 0 radical (unpaired) electrons. The van der Waals surface area contributed by atoms with E-state index in [1.54, 1.807) is 6.92 Å². The molecule has 4 heteroatoms. The summed E-state index contributed by atoms with van der Waals surface area (Å²) in [5, 5.41) is 12.0. The number of ketones is 1. The normalized spacial score (nSPS) is 9.20. The molecule has 0 fully saturated rings. The van der Waals surface area contributed by atoms with Gasteiger partial charge < -0.3 is 4.74 Å². The number of rotatable bonds is 7. The minimum absolute atomic E-state index is 0.0948. The average molecular weight is 346 g/mol. The summed E-state index contributed by atoms with van der Waals surface area (Å²) in [5.74, 6) is 1.01. The standard InChI is InChI=1S/C19H22O2.C2H6.H2O2/c1-3-4-5-14-21-19-12-10-18(11-13-19)17-8-6-16(7-9-17)15(2)20;2*1-2/h6-13H,3-5,14H2,1-2H3;1-2H3;1-2H. The molecule has 0 amide bonds. The zero-order valence-electron chi connectivity index (χ0n) is 15.7. The van der Waals surface area contributed by atoms with Gasteiger partial charge in [-0.1, -0.05) is 70.0 Å². The Kier molecular flexibility index (Phi) is 13.0. The van der Waals surface area contributed by atoms with Crippen LogP contribution in [-0.4, -0.2) is 22.9 Å². The molecule has 0 aliphatic heterocycles. The highest BCUT2D eigenvalue weighted by Gasteiger charge is 2.02. The molecule has 0 bridgehead atoms. The number of hydrogen-bond acceptors (Lipinski definition) is 4. The van der Waals surface area contributed by atoms with E-state index in [0.717, 1.165) is 35.5 Å². The van der Waals surface area contributed by atoms with Crippen LogP contribution in [0.15, 0.2) is 48.5 Å². The van der Waals surface area contributed by atoms with Crippen molar-refractivity contribution in [2.24, 2.45) is 0 Å². The lowest BCUT2D eigenvalue weighted by Gasteiger charge is -2.07. The summed E-state index contributed by atoms with van der Waals surface area (Å²) >= 11 is 0. The molecular formula is C21H30O4. The number of Topliss-reactive ketones (excluding diaryl/α,β-unsaturated/α-hetero) is 1. The smallest absolute Gasteiger partial charge is 0.159 e. The Labute approximate surface area is 151 Å². The molecule has 2 aromatic carbocycles.